The quantitative estimate of drug-likeness (QED) is 0.785. The van der Waals surface area contributed by atoms with E-state index in [1.165, 1.54) is 12.8 Å². The third-order valence-electron chi connectivity index (χ3n) is 3.21. The van der Waals surface area contributed by atoms with Gasteiger partial charge in [-0.1, -0.05) is 29.8 Å². The Morgan fingerprint density at radius 3 is 2.89 bits per heavy atom. The van der Waals surface area contributed by atoms with E-state index in [0.717, 1.165) is 23.6 Å². The van der Waals surface area contributed by atoms with Crippen LogP contribution in [0.1, 0.15) is 36.9 Å². The zero-order valence-corrected chi connectivity index (χ0v) is 11.1. The van der Waals surface area contributed by atoms with Gasteiger partial charge in [0.2, 0.25) is 0 Å². The molecule has 1 aromatic rings. The maximum absolute atomic E-state index is 12.0. The second kappa shape index (κ2) is 6.01. The summed E-state index contributed by atoms with van der Waals surface area (Å²) in [6, 6.07) is 7.71. The molecule has 2 rings (SSSR count). The summed E-state index contributed by atoms with van der Waals surface area (Å²) in [7, 11) is 0. The fraction of sp³-hybridized carbons (Fsp3) is 0.533. The van der Waals surface area contributed by atoms with E-state index in [-0.39, 0.29) is 12.0 Å². The van der Waals surface area contributed by atoms with Gasteiger partial charge in [0.15, 0.2) is 0 Å². The molecule has 3 nitrogen and oxygen atoms in total. The molecule has 1 atom stereocenters. The second-order valence-corrected chi connectivity index (χ2v) is 4.95. The number of ether oxygens (including phenoxy) is 1. The zero-order chi connectivity index (χ0) is 13.0. The summed E-state index contributed by atoms with van der Waals surface area (Å²) in [6.45, 7) is 5.20. The fourth-order valence-corrected chi connectivity index (χ4v) is 2.02. The van der Waals surface area contributed by atoms with Crippen LogP contribution >= 0.6 is 0 Å². The Bertz CT molecular complexity index is 413. The van der Waals surface area contributed by atoms with Crippen molar-refractivity contribution in [3.8, 4) is 0 Å². The monoisotopic (exact) mass is 247 g/mol. The number of rotatable bonds is 6. The summed E-state index contributed by atoms with van der Waals surface area (Å²) in [5.74, 6) is 0.565. The van der Waals surface area contributed by atoms with Gasteiger partial charge in [0, 0.05) is 0 Å². The SMILES string of the molecule is CCOC(=O)C(NCC1CC1)c1cccc(C)c1. The molecule has 0 heterocycles. The molecule has 1 unspecified atom stereocenters. The first-order chi connectivity index (χ1) is 8.70. The lowest BCUT2D eigenvalue weighted by molar-refractivity contribution is -0.145. The molecule has 1 fully saturated rings. The maximum Gasteiger partial charge on any atom is 0.327 e. The minimum absolute atomic E-state index is 0.177. The molecule has 0 radical (unpaired) electrons. The number of hydrogen-bond donors (Lipinski definition) is 1. The lowest BCUT2D eigenvalue weighted by atomic mass is 10.0. The van der Waals surface area contributed by atoms with E-state index in [0.29, 0.717) is 6.61 Å². The number of nitrogens with one attached hydrogen (secondary N) is 1. The smallest absolute Gasteiger partial charge is 0.327 e. The van der Waals surface area contributed by atoms with Gasteiger partial charge >= 0.3 is 5.97 Å². The lowest BCUT2D eigenvalue weighted by Gasteiger charge is -2.18. The molecule has 1 aliphatic carbocycles. The van der Waals surface area contributed by atoms with Crippen molar-refractivity contribution in [2.45, 2.75) is 32.7 Å². The van der Waals surface area contributed by atoms with Crippen LogP contribution in [0.25, 0.3) is 0 Å². The summed E-state index contributed by atoms with van der Waals surface area (Å²) in [5.41, 5.74) is 2.16. The molecule has 0 aliphatic heterocycles. The van der Waals surface area contributed by atoms with E-state index in [1.807, 2.05) is 38.1 Å². The van der Waals surface area contributed by atoms with Crippen molar-refractivity contribution in [1.82, 2.24) is 5.32 Å². The van der Waals surface area contributed by atoms with Crippen molar-refractivity contribution in [1.29, 1.82) is 0 Å². The number of aryl methyl sites for hydroxylation is 1. The van der Waals surface area contributed by atoms with Crippen LogP contribution in [0.4, 0.5) is 0 Å². The molecule has 0 aromatic heterocycles. The van der Waals surface area contributed by atoms with Crippen LogP contribution < -0.4 is 5.32 Å². The molecule has 0 amide bonds. The van der Waals surface area contributed by atoms with Crippen LogP contribution in [0.2, 0.25) is 0 Å². The summed E-state index contributed by atoms with van der Waals surface area (Å²) < 4.78 is 5.15. The summed E-state index contributed by atoms with van der Waals surface area (Å²) >= 11 is 0. The highest BCUT2D eigenvalue weighted by Gasteiger charge is 2.26. The van der Waals surface area contributed by atoms with Crippen molar-refractivity contribution in [3.05, 3.63) is 35.4 Å². The Labute approximate surface area is 109 Å². The van der Waals surface area contributed by atoms with Gasteiger partial charge in [-0.3, -0.25) is 0 Å². The number of hydrogen-bond acceptors (Lipinski definition) is 3. The molecule has 3 heteroatoms. The van der Waals surface area contributed by atoms with Gasteiger partial charge in [-0.25, -0.2) is 4.79 Å². The number of carbonyl (C=O) groups is 1. The third kappa shape index (κ3) is 3.57. The van der Waals surface area contributed by atoms with Gasteiger partial charge in [-0.05, 0) is 44.7 Å². The minimum atomic E-state index is -0.328. The van der Waals surface area contributed by atoms with Crippen molar-refractivity contribution >= 4 is 5.97 Å². The molecule has 0 bridgehead atoms. The highest BCUT2D eigenvalue weighted by Crippen LogP contribution is 2.29. The number of esters is 1. The van der Waals surface area contributed by atoms with Crippen molar-refractivity contribution in [2.75, 3.05) is 13.2 Å². The first-order valence-corrected chi connectivity index (χ1v) is 6.67. The number of benzene rings is 1. The summed E-state index contributed by atoms with van der Waals surface area (Å²) in [4.78, 5) is 12.0. The highest BCUT2D eigenvalue weighted by atomic mass is 16.5. The molecule has 1 aliphatic rings. The summed E-state index contributed by atoms with van der Waals surface area (Å²) in [5, 5.41) is 3.34. The lowest BCUT2D eigenvalue weighted by Crippen LogP contribution is -2.31. The minimum Gasteiger partial charge on any atom is -0.465 e. The first kappa shape index (κ1) is 13.1. The van der Waals surface area contributed by atoms with E-state index in [1.54, 1.807) is 0 Å². The Hall–Kier alpha value is -1.35. The van der Waals surface area contributed by atoms with E-state index in [2.05, 4.69) is 5.32 Å². The van der Waals surface area contributed by atoms with Gasteiger partial charge in [0.05, 0.1) is 6.61 Å². The van der Waals surface area contributed by atoms with Crippen LogP contribution in [0.5, 0.6) is 0 Å². The second-order valence-electron chi connectivity index (χ2n) is 4.95. The van der Waals surface area contributed by atoms with Crippen LogP contribution in [-0.4, -0.2) is 19.1 Å². The van der Waals surface area contributed by atoms with Crippen LogP contribution in [-0.2, 0) is 9.53 Å². The van der Waals surface area contributed by atoms with Crippen molar-refractivity contribution in [2.24, 2.45) is 5.92 Å². The number of carbonyl (C=O) groups excluding carboxylic acids is 1. The molecule has 98 valence electrons. The Kier molecular flexibility index (Phi) is 4.37. The standard InChI is InChI=1S/C15H21NO2/c1-3-18-15(17)14(16-10-12-7-8-12)13-6-4-5-11(2)9-13/h4-6,9,12,14,16H,3,7-8,10H2,1-2H3. The molecule has 1 saturated carbocycles. The predicted octanol–water partition coefficient (Wildman–Crippen LogP) is 2.60. The topological polar surface area (TPSA) is 38.3 Å². The van der Waals surface area contributed by atoms with Gasteiger partial charge < -0.3 is 10.1 Å². The Balaban J connectivity index is 2.08. The van der Waals surface area contributed by atoms with E-state index >= 15 is 0 Å². The molecule has 0 spiro atoms. The van der Waals surface area contributed by atoms with E-state index in [4.69, 9.17) is 4.74 Å². The first-order valence-electron chi connectivity index (χ1n) is 6.67. The van der Waals surface area contributed by atoms with Gasteiger partial charge in [-0.15, -0.1) is 0 Å². The highest BCUT2D eigenvalue weighted by molar-refractivity contribution is 5.77. The maximum atomic E-state index is 12.0. The zero-order valence-electron chi connectivity index (χ0n) is 11.1. The molecule has 1 aromatic carbocycles. The molecular formula is C15H21NO2. The van der Waals surface area contributed by atoms with Gasteiger partial charge in [0.1, 0.15) is 6.04 Å². The predicted molar refractivity (Wildman–Crippen MR) is 71.3 cm³/mol. The van der Waals surface area contributed by atoms with Gasteiger partial charge in [-0.2, -0.15) is 0 Å². The van der Waals surface area contributed by atoms with Crippen LogP contribution in [0.15, 0.2) is 24.3 Å². The van der Waals surface area contributed by atoms with E-state index < -0.39 is 0 Å². The van der Waals surface area contributed by atoms with Crippen molar-refractivity contribution < 1.29 is 9.53 Å². The normalized spacial score (nSPS) is 16.3. The third-order valence-corrected chi connectivity index (χ3v) is 3.21. The Morgan fingerprint density at radius 1 is 1.50 bits per heavy atom. The average Bonchev–Trinajstić information content (AvgIpc) is 3.14. The molecule has 0 saturated heterocycles. The van der Waals surface area contributed by atoms with Crippen LogP contribution in [0, 0.1) is 12.8 Å². The molecule has 1 N–H and O–H groups in total. The van der Waals surface area contributed by atoms with Gasteiger partial charge in [0.25, 0.3) is 0 Å². The average molecular weight is 247 g/mol. The molecule has 18 heavy (non-hydrogen) atoms. The summed E-state index contributed by atoms with van der Waals surface area (Å²) in [6.07, 6.45) is 2.55. The largest absolute Gasteiger partial charge is 0.465 e. The molecular weight excluding hydrogens is 226 g/mol. The fourth-order valence-electron chi connectivity index (χ4n) is 2.02. The van der Waals surface area contributed by atoms with Crippen LogP contribution in [0.3, 0.4) is 0 Å². The van der Waals surface area contributed by atoms with E-state index in [9.17, 15) is 4.79 Å². The van der Waals surface area contributed by atoms with Crippen molar-refractivity contribution in [3.63, 3.8) is 0 Å². The Morgan fingerprint density at radius 2 is 2.28 bits per heavy atom.